The number of hydrogen-bond acceptors (Lipinski definition) is 8. The Morgan fingerprint density at radius 1 is 0.974 bits per heavy atom. The fourth-order valence-corrected chi connectivity index (χ4v) is 3.41. The number of nitrogen functional groups attached to an aromatic ring is 1. The molecule has 5 N–H and O–H groups in total. The van der Waals surface area contributed by atoms with Gasteiger partial charge in [-0.25, -0.2) is 4.79 Å². The van der Waals surface area contributed by atoms with Crippen molar-refractivity contribution < 1.29 is 33.7 Å². The van der Waals surface area contributed by atoms with Crippen LogP contribution in [0.3, 0.4) is 0 Å². The maximum absolute atomic E-state index is 12.7. The first-order valence-electron chi connectivity index (χ1n) is 11.7. The molecule has 0 aromatic heterocycles. The summed E-state index contributed by atoms with van der Waals surface area (Å²) in [6, 6.07) is 21.6. The molecule has 3 aromatic carbocycles. The van der Waals surface area contributed by atoms with Crippen LogP contribution in [0.5, 0.6) is 5.75 Å². The first-order chi connectivity index (χ1) is 18.4. The lowest BCUT2D eigenvalue weighted by atomic mass is 10.0. The highest BCUT2D eigenvalue weighted by molar-refractivity contribution is 6.03. The molecule has 198 valence electrons. The van der Waals surface area contributed by atoms with E-state index in [2.05, 4.69) is 10.6 Å². The van der Waals surface area contributed by atoms with E-state index in [0.29, 0.717) is 22.7 Å². The third kappa shape index (κ3) is 8.19. The zero-order valence-corrected chi connectivity index (χ0v) is 20.7. The number of methoxy groups -OCH3 is 1. The van der Waals surface area contributed by atoms with Crippen molar-refractivity contribution in [2.24, 2.45) is 0 Å². The van der Waals surface area contributed by atoms with Crippen molar-refractivity contribution in [3.63, 3.8) is 0 Å². The fraction of sp³-hybridized carbons (Fsp3) is 0.179. The van der Waals surface area contributed by atoms with Crippen molar-refractivity contribution in [1.82, 2.24) is 5.32 Å². The summed E-state index contributed by atoms with van der Waals surface area (Å²) < 4.78 is 16.5. The standard InChI is InChI=1S/C28H29N3O7/c1-36-24(15-16-25(33)30-23-10-6-5-9-22(23)29)26(19-11-13-21(14-12-19)37-18-17-32)38-28(35)31-27(34)20-7-3-2-4-8-20/h2-16,24,26,32H,17-18,29H2,1H3,(H,30,33)(H,31,34,35)/b16-15+/t24-,26-/m0/s1. The second kappa shape index (κ2) is 14.2. The van der Waals surface area contributed by atoms with Gasteiger partial charge in [0.15, 0.2) is 6.10 Å². The van der Waals surface area contributed by atoms with Crippen molar-refractivity contribution in [1.29, 1.82) is 0 Å². The average Bonchev–Trinajstić information content (AvgIpc) is 2.93. The third-order valence-electron chi connectivity index (χ3n) is 5.28. The first kappa shape index (κ1) is 27.9. The van der Waals surface area contributed by atoms with Crippen molar-refractivity contribution >= 4 is 29.3 Å². The Kier molecular flexibility index (Phi) is 10.4. The molecule has 3 rings (SSSR count). The molecule has 0 heterocycles. The number of benzene rings is 3. The van der Waals surface area contributed by atoms with Gasteiger partial charge in [-0.15, -0.1) is 0 Å². The average molecular weight is 520 g/mol. The molecule has 0 aliphatic heterocycles. The molecule has 2 atom stereocenters. The molecule has 0 bridgehead atoms. The van der Waals surface area contributed by atoms with Crippen molar-refractivity contribution in [2.75, 3.05) is 31.4 Å². The Hall–Kier alpha value is -4.67. The summed E-state index contributed by atoms with van der Waals surface area (Å²) in [7, 11) is 1.39. The summed E-state index contributed by atoms with van der Waals surface area (Å²) in [6.45, 7) is -0.0237. The minimum Gasteiger partial charge on any atom is -0.491 e. The van der Waals surface area contributed by atoms with Crippen LogP contribution < -0.4 is 21.1 Å². The Morgan fingerprint density at radius 2 is 1.66 bits per heavy atom. The van der Waals surface area contributed by atoms with Gasteiger partial charge in [0.1, 0.15) is 18.5 Å². The third-order valence-corrected chi connectivity index (χ3v) is 5.28. The summed E-state index contributed by atoms with van der Waals surface area (Å²) >= 11 is 0. The number of ether oxygens (including phenoxy) is 3. The highest BCUT2D eigenvalue weighted by Gasteiger charge is 2.27. The molecule has 0 radical (unpaired) electrons. The molecule has 3 amide bonds. The number of anilines is 2. The van der Waals surface area contributed by atoms with Crippen LogP contribution in [0.2, 0.25) is 0 Å². The number of para-hydroxylation sites is 2. The minimum atomic E-state index is -1.04. The summed E-state index contributed by atoms with van der Waals surface area (Å²) in [5.74, 6) is -0.610. The Morgan fingerprint density at radius 3 is 2.32 bits per heavy atom. The number of carbonyl (C=O) groups is 3. The van der Waals surface area contributed by atoms with E-state index < -0.39 is 30.1 Å². The number of hydrogen-bond donors (Lipinski definition) is 4. The normalized spacial score (nSPS) is 12.4. The van der Waals surface area contributed by atoms with E-state index in [1.54, 1.807) is 78.9 Å². The molecular weight excluding hydrogens is 490 g/mol. The number of aliphatic hydroxyl groups is 1. The topological polar surface area (TPSA) is 149 Å². The second-order valence-electron chi connectivity index (χ2n) is 7.92. The van der Waals surface area contributed by atoms with Crippen LogP contribution >= 0.6 is 0 Å². The van der Waals surface area contributed by atoms with E-state index in [1.807, 2.05) is 0 Å². The van der Waals surface area contributed by atoms with E-state index in [1.165, 1.54) is 19.3 Å². The van der Waals surface area contributed by atoms with Crippen molar-refractivity contribution in [3.05, 3.63) is 102 Å². The summed E-state index contributed by atoms with van der Waals surface area (Å²) in [5.41, 5.74) is 7.52. The van der Waals surface area contributed by atoms with Crippen LogP contribution in [0.25, 0.3) is 0 Å². The molecule has 10 nitrogen and oxygen atoms in total. The number of nitrogens with two attached hydrogens (primary N) is 1. The van der Waals surface area contributed by atoms with Crippen LogP contribution in [0.4, 0.5) is 16.2 Å². The van der Waals surface area contributed by atoms with E-state index >= 15 is 0 Å². The van der Waals surface area contributed by atoms with Gasteiger partial charge in [-0.2, -0.15) is 0 Å². The second-order valence-corrected chi connectivity index (χ2v) is 7.92. The van der Waals surface area contributed by atoms with Gasteiger partial charge in [0.25, 0.3) is 5.91 Å². The number of carbonyl (C=O) groups excluding carboxylic acids is 3. The van der Waals surface area contributed by atoms with Crippen LogP contribution in [0, 0.1) is 0 Å². The molecule has 0 aliphatic carbocycles. The molecule has 0 aliphatic rings. The zero-order chi connectivity index (χ0) is 27.3. The summed E-state index contributed by atoms with van der Waals surface area (Å²) in [5, 5.41) is 13.8. The monoisotopic (exact) mass is 519 g/mol. The summed E-state index contributed by atoms with van der Waals surface area (Å²) in [6.07, 6.45) is -0.275. The van der Waals surface area contributed by atoms with Crippen LogP contribution in [0.15, 0.2) is 91.0 Å². The Bertz CT molecular complexity index is 1250. The molecule has 0 saturated heterocycles. The minimum absolute atomic E-state index is 0.119. The van der Waals surface area contributed by atoms with Crippen molar-refractivity contribution in [2.45, 2.75) is 12.2 Å². The molecule has 0 spiro atoms. The van der Waals surface area contributed by atoms with Gasteiger partial charge in [0.2, 0.25) is 5.91 Å². The number of alkyl carbamates (subject to hydrolysis) is 1. The molecule has 10 heteroatoms. The highest BCUT2D eigenvalue weighted by atomic mass is 16.6. The number of amides is 3. The number of rotatable bonds is 11. The lowest BCUT2D eigenvalue weighted by Gasteiger charge is -2.24. The molecule has 38 heavy (non-hydrogen) atoms. The van der Waals surface area contributed by atoms with Gasteiger partial charge >= 0.3 is 6.09 Å². The lowest BCUT2D eigenvalue weighted by Crippen LogP contribution is -2.34. The van der Waals surface area contributed by atoms with E-state index in [4.69, 9.17) is 25.1 Å². The van der Waals surface area contributed by atoms with Gasteiger partial charge in [-0.3, -0.25) is 14.9 Å². The predicted octanol–water partition coefficient (Wildman–Crippen LogP) is 3.46. The largest absolute Gasteiger partial charge is 0.491 e. The number of aliphatic hydroxyl groups excluding tert-OH is 1. The number of nitrogens with one attached hydrogen (secondary N) is 2. The first-order valence-corrected chi connectivity index (χ1v) is 11.7. The van der Waals surface area contributed by atoms with Crippen LogP contribution in [0.1, 0.15) is 22.0 Å². The molecule has 0 fully saturated rings. The highest BCUT2D eigenvalue weighted by Crippen LogP contribution is 2.27. The van der Waals surface area contributed by atoms with Gasteiger partial charge in [0, 0.05) is 18.7 Å². The Labute approximate surface area is 220 Å². The molecular formula is C28H29N3O7. The maximum atomic E-state index is 12.7. The quantitative estimate of drug-likeness (QED) is 0.222. The van der Waals surface area contributed by atoms with Gasteiger partial charge in [0.05, 0.1) is 18.0 Å². The molecule has 0 unspecified atom stereocenters. The van der Waals surface area contributed by atoms with Crippen LogP contribution in [-0.4, -0.2) is 49.4 Å². The lowest BCUT2D eigenvalue weighted by molar-refractivity contribution is -0.112. The predicted molar refractivity (Wildman–Crippen MR) is 142 cm³/mol. The van der Waals surface area contributed by atoms with E-state index in [9.17, 15) is 14.4 Å². The SMILES string of the molecule is CO[C@@H](/C=C/C(=O)Nc1ccccc1N)[C@@H](OC(=O)NC(=O)c1ccccc1)c1ccc(OCCO)cc1. The fourth-order valence-electron chi connectivity index (χ4n) is 3.41. The van der Waals surface area contributed by atoms with Gasteiger partial charge < -0.3 is 30.4 Å². The van der Waals surface area contributed by atoms with Crippen LogP contribution in [-0.2, 0) is 14.3 Å². The maximum Gasteiger partial charge on any atom is 0.414 e. The van der Waals surface area contributed by atoms with Gasteiger partial charge in [-0.1, -0.05) is 42.5 Å². The summed E-state index contributed by atoms with van der Waals surface area (Å²) in [4.78, 5) is 37.6. The molecule has 3 aromatic rings. The Balaban J connectivity index is 1.79. The van der Waals surface area contributed by atoms with E-state index in [0.717, 1.165) is 0 Å². The van der Waals surface area contributed by atoms with Crippen molar-refractivity contribution in [3.8, 4) is 5.75 Å². The number of imide groups is 1. The van der Waals surface area contributed by atoms with Gasteiger partial charge in [-0.05, 0) is 48.0 Å². The van der Waals surface area contributed by atoms with E-state index in [-0.39, 0.29) is 18.8 Å². The smallest absolute Gasteiger partial charge is 0.414 e. The molecule has 0 saturated carbocycles. The zero-order valence-electron chi connectivity index (χ0n) is 20.7.